The summed E-state index contributed by atoms with van der Waals surface area (Å²) in [4.78, 5) is 12.8. The Bertz CT molecular complexity index is 680. The maximum Gasteiger partial charge on any atom is 0.269 e. The molecule has 138 valence electrons. The van der Waals surface area contributed by atoms with E-state index in [1.807, 2.05) is 0 Å². The summed E-state index contributed by atoms with van der Waals surface area (Å²) in [5.74, 6) is 1.48. The molecule has 0 saturated carbocycles. The van der Waals surface area contributed by atoms with Gasteiger partial charge in [0.25, 0.3) is 5.69 Å². The van der Waals surface area contributed by atoms with Crippen molar-refractivity contribution in [1.82, 2.24) is 4.90 Å². The van der Waals surface area contributed by atoms with Crippen molar-refractivity contribution in [2.24, 2.45) is 5.92 Å². The van der Waals surface area contributed by atoms with Crippen LogP contribution in [0.2, 0.25) is 0 Å². The van der Waals surface area contributed by atoms with Gasteiger partial charge in [-0.05, 0) is 62.4 Å². The van der Waals surface area contributed by atoms with Crippen LogP contribution in [0.4, 0.5) is 5.69 Å². The van der Waals surface area contributed by atoms with Gasteiger partial charge in [0.15, 0.2) is 0 Å². The van der Waals surface area contributed by atoms with Gasteiger partial charge >= 0.3 is 0 Å². The number of piperidine rings is 1. The van der Waals surface area contributed by atoms with E-state index >= 15 is 0 Å². The Balaban J connectivity index is 1.31. The summed E-state index contributed by atoms with van der Waals surface area (Å²) in [6.45, 7) is 4.06. The van der Waals surface area contributed by atoms with Crippen LogP contribution in [0.15, 0.2) is 54.6 Å². The molecule has 1 heterocycles. The van der Waals surface area contributed by atoms with Crippen molar-refractivity contribution in [2.45, 2.75) is 32.2 Å². The third-order valence-corrected chi connectivity index (χ3v) is 5.03. The molecule has 0 aliphatic carbocycles. The number of nitrogens with zero attached hydrogens (tertiary/aromatic N) is 2. The largest absolute Gasteiger partial charge is 0.494 e. The molecule has 1 aliphatic rings. The van der Waals surface area contributed by atoms with Crippen LogP contribution in [-0.4, -0.2) is 29.5 Å². The van der Waals surface area contributed by atoms with E-state index in [2.05, 4.69) is 35.2 Å². The van der Waals surface area contributed by atoms with Crippen molar-refractivity contribution in [3.8, 4) is 5.75 Å². The van der Waals surface area contributed by atoms with Gasteiger partial charge in [-0.25, -0.2) is 0 Å². The second-order valence-corrected chi connectivity index (χ2v) is 6.95. The molecule has 5 heteroatoms. The van der Waals surface area contributed by atoms with E-state index in [4.69, 9.17) is 4.74 Å². The predicted molar refractivity (Wildman–Crippen MR) is 102 cm³/mol. The predicted octanol–water partition coefficient (Wildman–Crippen LogP) is 4.67. The standard InChI is InChI=1S/C21H26N2O3/c24-23(25)20-8-10-21(11-9-20)26-16-4-7-18-12-14-22(15-13-18)17-19-5-2-1-3-6-19/h1-3,5-6,8-11,18H,4,7,12-17H2. The van der Waals surface area contributed by atoms with Crippen molar-refractivity contribution in [3.63, 3.8) is 0 Å². The summed E-state index contributed by atoms with van der Waals surface area (Å²) in [6, 6.07) is 17.0. The minimum Gasteiger partial charge on any atom is -0.494 e. The molecule has 2 aromatic carbocycles. The quantitative estimate of drug-likeness (QED) is 0.393. The lowest BCUT2D eigenvalue weighted by atomic mass is 9.92. The highest BCUT2D eigenvalue weighted by molar-refractivity contribution is 5.35. The maximum atomic E-state index is 10.6. The summed E-state index contributed by atoms with van der Waals surface area (Å²) in [5.41, 5.74) is 1.49. The summed E-state index contributed by atoms with van der Waals surface area (Å²) in [5, 5.41) is 10.6. The third-order valence-electron chi connectivity index (χ3n) is 5.03. The molecule has 0 bridgehead atoms. The second-order valence-electron chi connectivity index (χ2n) is 6.95. The second kappa shape index (κ2) is 9.34. The van der Waals surface area contributed by atoms with E-state index in [1.165, 1.54) is 50.0 Å². The van der Waals surface area contributed by atoms with Crippen molar-refractivity contribution in [3.05, 3.63) is 70.3 Å². The molecule has 26 heavy (non-hydrogen) atoms. The van der Waals surface area contributed by atoms with Crippen molar-refractivity contribution < 1.29 is 9.66 Å². The number of likely N-dealkylation sites (tertiary alicyclic amines) is 1. The average molecular weight is 354 g/mol. The van der Waals surface area contributed by atoms with Gasteiger partial charge in [0.2, 0.25) is 0 Å². The van der Waals surface area contributed by atoms with E-state index in [0.29, 0.717) is 12.4 Å². The van der Waals surface area contributed by atoms with Crippen LogP contribution in [0.1, 0.15) is 31.2 Å². The first-order valence-electron chi connectivity index (χ1n) is 9.34. The number of ether oxygens (including phenoxy) is 1. The van der Waals surface area contributed by atoms with E-state index in [0.717, 1.165) is 18.9 Å². The highest BCUT2D eigenvalue weighted by Crippen LogP contribution is 2.23. The van der Waals surface area contributed by atoms with Crippen LogP contribution in [-0.2, 0) is 6.54 Å². The van der Waals surface area contributed by atoms with Crippen LogP contribution < -0.4 is 4.74 Å². The average Bonchev–Trinajstić information content (AvgIpc) is 2.68. The number of nitro groups is 1. The molecule has 2 aromatic rings. The molecule has 1 fully saturated rings. The van der Waals surface area contributed by atoms with Crippen LogP contribution in [0.5, 0.6) is 5.75 Å². The SMILES string of the molecule is O=[N+]([O-])c1ccc(OCCCC2CCN(Cc3ccccc3)CC2)cc1. The van der Waals surface area contributed by atoms with Gasteiger partial charge in [0, 0.05) is 18.7 Å². The topological polar surface area (TPSA) is 55.6 Å². The monoisotopic (exact) mass is 354 g/mol. The summed E-state index contributed by atoms with van der Waals surface area (Å²) in [7, 11) is 0. The zero-order valence-electron chi connectivity index (χ0n) is 15.0. The fourth-order valence-corrected chi connectivity index (χ4v) is 3.50. The molecule has 0 atom stereocenters. The lowest BCUT2D eigenvalue weighted by Gasteiger charge is -2.32. The number of hydrogen-bond acceptors (Lipinski definition) is 4. The molecule has 0 radical (unpaired) electrons. The van der Waals surface area contributed by atoms with Crippen molar-refractivity contribution in [1.29, 1.82) is 0 Å². The van der Waals surface area contributed by atoms with E-state index in [1.54, 1.807) is 12.1 Å². The molecular formula is C21H26N2O3. The molecule has 1 saturated heterocycles. The third kappa shape index (κ3) is 5.56. The van der Waals surface area contributed by atoms with Gasteiger partial charge in [-0.15, -0.1) is 0 Å². The van der Waals surface area contributed by atoms with Gasteiger partial charge in [-0.2, -0.15) is 0 Å². The van der Waals surface area contributed by atoms with Crippen LogP contribution in [0.3, 0.4) is 0 Å². The van der Waals surface area contributed by atoms with Crippen LogP contribution >= 0.6 is 0 Å². The van der Waals surface area contributed by atoms with Gasteiger partial charge < -0.3 is 4.74 Å². The first kappa shape index (κ1) is 18.4. The van der Waals surface area contributed by atoms with Crippen LogP contribution in [0, 0.1) is 16.0 Å². The molecule has 0 amide bonds. The Labute approximate surface area is 154 Å². The molecule has 0 aromatic heterocycles. The Hall–Kier alpha value is -2.40. The number of benzene rings is 2. The zero-order valence-corrected chi connectivity index (χ0v) is 15.0. The summed E-state index contributed by atoms with van der Waals surface area (Å²) < 4.78 is 5.70. The zero-order chi connectivity index (χ0) is 18.2. The molecule has 0 unspecified atom stereocenters. The van der Waals surface area contributed by atoms with Crippen molar-refractivity contribution >= 4 is 5.69 Å². The number of rotatable bonds is 8. The number of nitro benzene ring substituents is 1. The van der Waals surface area contributed by atoms with Crippen molar-refractivity contribution in [2.75, 3.05) is 19.7 Å². The normalized spacial score (nSPS) is 15.7. The molecule has 3 rings (SSSR count). The highest BCUT2D eigenvalue weighted by atomic mass is 16.6. The molecular weight excluding hydrogens is 328 g/mol. The molecule has 0 spiro atoms. The first-order valence-corrected chi connectivity index (χ1v) is 9.34. The fraction of sp³-hybridized carbons (Fsp3) is 0.429. The smallest absolute Gasteiger partial charge is 0.269 e. The minimum absolute atomic E-state index is 0.0969. The van der Waals surface area contributed by atoms with Gasteiger partial charge in [0.05, 0.1) is 11.5 Å². The van der Waals surface area contributed by atoms with E-state index < -0.39 is 4.92 Å². The van der Waals surface area contributed by atoms with E-state index in [9.17, 15) is 10.1 Å². The molecule has 0 N–H and O–H groups in total. The minimum atomic E-state index is -0.395. The first-order chi connectivity index (χ1) is 12.7. The van der Waals surface area contributed by atoms with E-state index in [-0.39, 0.29) is 5.69 Å². The summed E-state index contributed by atoms with van der Waals surface area (Å²) in [6.07, 6.45) is 4.72. The van der Waals surface area contributed by atoms with Gasteiger partial charge in [0.1, 0.15) is 5.75 Å². The Morgan fingerprint density at radius 1 is 1.04 bits per heavy atom. The lowest BCUT2D eigenvalue weighted by Crippen LogP contribution is -2.33. The molecule has 5 nitrogen and oxygen atoms in total. The Morgan fingerprint density at radius 3 is 2.38 bits per heavy atom. The Morgan fingerprint density at radius 2 is 1.73 bits per heavy atom. The summed E-state index contributed by atoms with van der Waals surface area (Å²) >= 11 is 0. The van der Waals surface area contributed by atoms with Gasteiger partial charge in [-0.1, -0.05) is 30.3 Å². The Kier molecular flexibility index (Phi) is 6.61. The van der Waals surface area contributed by atoms with Crippen LogP contribution in [0.25, 0.3) is 0 Å². The molecule has 1 aliphatic heterocycles. The highest BCUT2D eigenvalue weighted by Gasteiger charge is 2.18. The van der Waals surface area contributed by atoms with Gasteiger partial charge in [-0.3, -0.25) is 15.0 Å². The lowest BCUT2D eigenvalue weighted by molar-refractivity contribution is -0.384. The fourth-order valence-electron chi connectivity index (χ4n) is 3.50. The maximum absolute atomic E-state index is 10.6. The number of hydrogen-bond donors (Lipinski definition) is 0. The number of non-ortho nitro benzene ring substituents is 1.